The molecule has 3 N–H and O–H groups in total. The molecule has 2 aromatic rings. The monoisotopic (exact) mass is 310 g/mol. The van der Waals surface area contributed by atoms with Crippen LogP contribution in [0.1, 0.15) is 12.7 Å². The molecule has 1 aromatic carbocycles. The van der Waals surface area contributed by atoms with Crippen molar-refractivity contribution < 1.29 is 17.8 Å². The Morgan fingerprint density at radius 2 is 2.24 bits per heavy atom. The Morgan fingerprint density at radius 1 is 1.48 bits per heavy atom. The van der Waals surface area contributed by atoms with E-state index in [1.807, 2.05) is 0 Å². The van der Waals surface area contributed by atoms with Crippen LogP contribution in [0.3, 0.4) is 0 Å². The molecule has 0 aliphatic rings. The molecule has 7 heteroatoms. The molecule has 0 saturated carbocycles. The van der Waals surface area contributed by atoms with Gasteiger partial charge in [0.2, 0.25) is 5.91 Å². The zero-order valence-electron chi connectivity index (χ0n) is 11.3. The van der Waals surface area contributed by atoms with Crippen molar-refractivity contribution in [3.63, 3.8) is 0 Å². The van der Waals surface area contributed by atoms with Gasteiger partial charge in [0.1, 0.15) is 16.8 Å². The van der Waals surface area contributed by atoms with E-state index in [2.05, 4.69) is 5.32 Å². The number of anilines is 1. The first-order valence-electron chi connectivity index (χ1n) is 6.24. The number of carbonyl (C=O) groups excluding carboxylic acids is 1. The van der Waals surface area contributed by atoms with Crippen molar-refractivity contribution in [3.05, 3.63) is 48.2 Å². The first-order chi connectivity index (χ1) is 9.99. The molecule has 0 radical (unpaired) electrons. The van der Waals surface area contributed by atoms with Crippen molar-refractivity contribution in [1.82, 2.24) is 5.32 Å². The van der Waals surface area contributed by atoms with Crippen LogP contribution in [0.5, 0.6) is 0 Å². The Labute approximate surface area is 123 Å². The van der Waals surface area contributed by atoms with Crippen LogP contribution in [0.15, 0.2) is 45.9 Å². The van der Waals surface area contributed by atoms with Gasteiger partial charge in [0, 0.05) is 5.69 Å². The molecule has 5 nitrogen and oxygen atoms in total. The van der Waals surface area contributed by atoms with Gasteiger partial charge in [-0.1, -0.05) is 0 Å². The minimum atomic E-state index is -1.74. The summed E-state index contributed by atoms with van der Waals surface area (Å²) in [5.41, 5.74) is 5.87. The van der Waals surface area contributed by atoms with Crippen molar-refractivity contribution in [2.24, 2.45) is 0 Å². The van der Waals surface area contributed by atoms with Crippen LogP contribution in [0, 0.1) is 5.82 Å². The Hall–Kier alpha value is -2.15. The van der Waals surface area contributed by atoms with E-state index < -0.39 is 27.8 Å². The fourth-order valence-electron chi connectivity index (χ4n) is 1.70. The first kappa shape index (κ1) is 15.2. The van der Waals surface area contributed by atoms with Gasteiger partial charge >= 0.3 is 0 Å². The largest absolute Gasteiger partial charge is 0.467 e. The molecule has 2 rings (SSSR count). The van der Waals surface area contributed by atoms with Gasteiger partial charge in [0.25, 0.3) is 0 Å². The Balaban J connectivity index is 2.04. The number of amides is 1. The number of nitrogens with two attached hydrogens (primary N) is 1. The molecule has 2 unspecified atom stereocenters. The van der Waals surface area contributed by atoms with Crippen molar-refractivity contribution in [1.29, 1.82) is 0 Å². The van der Waals surface area contributed by atoms with Gasteiger partial charge in [-0.05, 0) is 37.3 Å². The Morgan fingerprint density at radius 3 is 2.90 bits per heavy atom. The van der Waals surface area contributed by atoms with Crippen molar-refractivity contribution in [3.8, 4) is 0 Å². The summed E-state index contributed by atoms with van der Waals surface area (Å²) >= 11 is 0. The molecule has 1 heterocycles. The van der Waals surface area contributed by atoms with Crippen LogP contribution in [0.25, 0.3) is 0 Å². The Kier molecular flexibility index (Phi) is 4.74. The van der Waals surface area contributed by atoms with Crippen molar-refractivity contribution in [2.75, 3.05) is 5.73 Å². The fraction of sp³-hybridized carbons (Fsp3) is 0.214. The SMILES string of the molecule is CC(C(=O)NCc1ccco1)S(=O)c1cc(F)ccc1N. The normalized spacial score (nSPS) is 13.6. The number of hydrogen-bond donors (Lipinski definition) is 2. The second-order valence-electron chi connectivity index (χ2n) is 4.42. The first-order valence-corrected chi connectivity index (χ1v) is 7.46. The smallest absolute Gasteiger partial charge is 0.236 e. The molecule has 0 saturated heterocycles. The quantitative estimate of drug-likeness (QED) is 0.825. The maximum Gasteiger partial charge on any atom is 0.236 e. The third-order valence-corrected chi connectivity index (χ3v) is 4.54. The molecule has 0 spiro atoms. The molecule has 0 aliphatic heterocycles. The summed E-state index contributed by atoms with van der Waals surface area (Å²) in [6.45, 7) is 1.70. The van der Waals surface area contributed by atoms with Crippen LogP contribution >= 0.6 is 0 Å². The minimum Gasteiger partial charge on any atom is -0.467 e. The van der Waals surface area contributed by atoms with Gasteiger partial charge < -0.3 is 15.5 Å². The van der Waals surface area contributed by atoms with E-state index in [0.717, 1.165) is 6.07 Å². The average Bonchev–Trinajstić information content (AvgIpc) is 2.99. The van der Waals surface area contributed by atoms with E-state index in [1.54, 1.807) is 12.1 Å². The van der Waals surface area contributed by atoms with E-state index in [-0.39, 0.29) is 17.1 Å². The molecular weight excluding hydrogens is 295 g/mol. The number of nitrogen functional groups attached to an aromatic ring is 1. The second kappa shape index (κ2) is 6.53. The number of carbonyl (C=O) groups is 1. The lowest BCUT2D eigenvalue weighted by Crippen LogP contribution is -2.35. The highest BCUT2D eigenvalue weighted by molar-refractivity contribution is 7.86. The van der Waals surface area contributed by atoms with Gasteiger partial charge in [-0.2, -0.15) is 0 Å². The van der Waals surface area contributed by atoms with Crippen LogP contribution < -0.4 is 11.1 Å². The van der Waals surface area contributed by atoms with Crippen LogP contribution in [-0.4, -0.2) is 15.4 Å². The number of halogens is 1. The van der Waals surface area contributed by atoms with Gasteiger partial charge in [-0.3, -0.25) is 9.00 Å². The van der Waals surface area contributed by atoms with Gasteiger partial charge in [0.05, 0.1) is 28.5 Å². The van der Waals surface area contributed by atoms with E-state index in [9.17, 15) is 13.4 Å². The van der Waals surface area contributed by atoms with E-state index in [1.165, 1.54) is 25.3 Å². The third-order valence-electron chi connectivity index (χ3n) is 2.90. The molecule has 0 aliphatic carbocycles. The highest BCUT2D eigenvalue weighted by Gasteiger charge is 2.23. The van der Waals surface area contributed by atoms with Gasteiger partial charge in [0.15, 0.2) is 0 Å². The fourth-order valence-corrected chi connectivity index (χ4v) is 2.89. The maximum absolute atomic E-state index is 13.2. The van der Waals surface area contributed by atoms with E-state index in [0.29, 0.717) is 5.76 Å². The van der Waals surface area contributed by atoms with E-state index in [4.69, 9.17) is 10.2 Å². The zero-order chi connectivity index (χ0) is 15.4. The van der Waals surface area contributed by atoms with Crippen LogP contribution in [-0.2, 0) is 22.1 Å². The second-order valence-corrected chi connectivity index (χ2v) is 6.16. The summed E-state index contributed by atoms with van der Waals surface area (Å²) in [5.74, 6) is -0.379. The molecule has 1 amide bonds. The molecule has 0 fully saturated rings. The number of rotatable bonds is 5. The zero-order valence-corrected chi connectivity index (χ0v) is 12.2. The topological polar surface area (TPSA) is 85.3 Å². The Bertz CT molecular complexity index is 658. The van der Waals surface area contributed by atoms with Gasteiger partial charge in [-0.25, -0.2) is 4.39 Å². The minimum absolute atomic E-state index is 0.121. The molecule has 0 bridgehead atoms. The molecular formula is C14H15FN2O3S. The summed E-state index contributed by atoms with van der Waals surface area (Å²) in [5, 5.41) is 1.75. The summed E-state index contributed by atoms with van der Waals surface area (Å²) in [6, 6.07) is 7.01. The van der Waals surface area contributed by atoms with Crippen LogP contribution in [0.4, 0.5) is 10.1 Å². The molecule has 1 aromatic heterocycles. The summed E-state index contributed by atoms with van der Waals surface area (Å²) in [7, 11) is -1.74. The summed E-state index contributed by atoms with van der Waals surface area (Å²) in [4.78, 5) is 12.1. The lowest BCUT2D eigenvalue weighted by Gasteiger charge is -2.13. The standard InChI is InChI=1S/C14H15FN2O3S/c1-9(14(18)17-8-11-3-2-6-20-11)21(19)13-7-10(15)4-5-12(13)16/h2-7,9H,8,16H2,1H3,(H,17,18). The lowest BCUT2D eigenvalue weighted by atomic mass is 10.3. The average molecular weight is 310 g/mol. The van der Waals surface area contributed by atoms with Crippen LogP contribution in [0.2, 0.25) is 0 Å². The predicted molar refractivity (Wildman–Crippen MR) is 77.2 cm³/mol. The maximum atomic E-state index is 13.2. The number of hydrogen-bond acceptors (Lipinski definition) is 4. The number of nitrogens with one attached hydrogen (secondary N) is 1. The number of benzene rings is 1. The molecule has 112 valence electrons. The van der Waals surface area contributed by atoms with Crippen molar-refractivity contribution >= 4 is 22.4 Å². The predicted octanol–water partition coefficient (Wildman–Crippen LogP) is 1.81. The highest BCUT2D eigenvalue weighted by atomic mass is 32.2. The lowest BCUT2D eigenvalue weighted by molar-refractivity contribution is -0.120. The molecule has 21 heavy (non-hydrogen) atoms. The highest BCUT2D eigenvalue weighted by Crippen LogP contribution is 2.20. The summed E-state index contributed by atoms with van der Waals surface area (Å²) in [6.07, 6.45) is 1.50. The molecule has 2 atom stereocenters. The van der Waals surface area contributed by atoms with Crippen molar-refractivity contribution in [2.45, 2.75) is 23.6 Å². The summed E-state index contributed by atoms with van der Waals surface area (Å²) < 4.78 is 30.6. The third kappa shape index (κ3) is 3.69. The van der Waals surface area contributed by atoms with Gasteiger partial charge in [-0.15, -0.1) is 0 Å². The number of furan rings is 1. The van der Waals surface area contributed by atoms with E-state index >= 15 is 0 Å².